The summed E-state index contributed by atoms with van der Waals surface area (Å²) in [6, 6.07) is 7.81. The highest BCUT2D eigenvalue weighted by Crippen LogP contribution is 2.21. The van der Waals surface area contributed by atoms with E-state index in [2.05, 4.69) is 10.2 Å². The molecular weight excluding hydrogens is 330 g/mol. The first kappa shape index (κ1) is 18.7. The lowest BCUT2D eigenvalue weighted by atomic mass is 9.96. The number of carbonyl (C=O) groups is 2. The molecule has 1 aromatic rings. The van der Waals surface area contributed by atoms with Crippen molar-refractivity contribution in [2.75, 3.05) is 50.8 Å². The first-order valence-electron chi connectivity index (χ1n) is 9.68. The Morgan fingerprint density at radius 2 is 1.88 bits per heavy atom. The standard InChI is InChI=1S/C20H29N3O3/c1-2-9-21-19(24)17-4-3-10-23(15-17)20(25)16-5-7-18(8-6-16)22-11-13-26-14-12-22/h5-8,17H,2-4,9-15H2,1H3,(H,21,24). The lowest BCUT2D eigenvalue weighted by Crippen LogP contribution is -2.45. The second-order valence-corrected chi connectivity index (χ2v) is 7.03. The molecule has 1 unspecified atom stereocenters. The van der Waals surface area contributed by atoms with Crippen LogP contribution in [-0.2, 0) is 9.53 Å². The highest BCUT2D eigenvalue weighted by Gasteiger charge is 2.28. The van der Waals surface area contributed by atoms with Crippen LogP contribution >= 0.6 is 0 Å². The summed E-state index contributed by atoms with van der Waals surface area (Å²) in [4.78, 5) is 29.1. The zero-order chi connectivity index (χ0) is 18.4. The number of hydrogen-bond donors (Lipinski definition) is 1. The number of likely N-dealkylation sites (tertiary alicyclic amines) is 1. The van der Waals surface area contributed by atoms with Gasteiger partial charge < -0.3 is 19.9 Å². The van der Waals surface area contributed by atoms with Crippen molar-refractivity contribution in [2.45, 2.75) is 26.2 Å². The van der Waals surface area contributed by atoms with Crippen LogP contribution < -0.4 is 10.2 Å². The van der Waals surface area contributed by atoms with Crippen molar-refractivity contribution in [3.05, 3.63) is 29.8 Å². The van der Waals surface area contributed by atoms with Crippen LogP contribution in [-0.4, -0.2) is 62.7 Å². The molecule has 6 nitrogen and oxygen atoms in total. The van der Waals surface area contributed by atoms with Gasteiger partial charge in [0.05, 0.1) is 19.1 Å². The predicted octanol–water partition coefficient (Wildman–Crippen LogP) is 1.90. The molecule has 0 aliphatic carbocycles. The number of nitrogens with one attached hydrogen (secondary N) is 1. The van der Waals surface area contributed by atoms with Gasteiger partial charge in [0.1, 0.15) is 0 Å². The third-order valence-electron chi connectivity index (χ3n) is 5.12. The highest BCUT2D eigenvalue weighted by atomic mass is 16.5. The van der Waals surface area contributed by atoms with E-state index in [1.54, 1.807) is 0 Å². The molecule has 0 spiro atoms. The Bertz CT molecular complexity index is 611. The van der Waals surface area contributed by atoms with E-state index < -0.39 is 0 Å². The van der Waals surface area contributed by atoms with Crippen LogP contribution in [0.2, 0.25) is 0 Å². The Kier molecular flexibility index (Phi) is 6.50. The lowest BCUT2D eigenvalue weighted by molar-refractivity contribution is -0.126. The molecule has 26 heavy (non-hydrogen) atoms. The van der Waals surface area contributed by atoms with E-state index in [1.165, 1.54) is 0 Å². The minimum atomic E-state index is -0.0909. The Morgan fingerprint density at radius 3 is 2.58 bits per heavy atom. The number of anilines is 1. The van der Waals surface area contributed by atoms with Crippen LogP contribution in [0.1, 0.15) is 36.5 Å². The normalized spacial score (nSPS) is 20.7. The van der Waals surface area contributed by atoms with Gasteiger partial charge in [0.25, 0.3) is 5.91 Å². The number of carbonyl (C=O) groups excluding carboxylic acids is 2. The molecule has 0 radical (unpaired) electrons. The molecule has 2 aliphatic rings. The first-order chi connectivity index (χ1) is 12.7. The van der Waals surface area contributed by atoms with E-state index in [0.29, 0.717) is 18.7 Å². The molecule has 1 N–H and O–H groups in total. The molecule has 0 aromatic heterocycles. The van der Waals surface area contributed by atoms with Gasteiger partial charge in [-0.2, -0.15) is 0 Å². The van der Waals surface area contributed by atoms with Gasteiger partial charge in [-0.3, -0.25) is 9.59 Å². The van der Waals surface area contributed by atoms with E-state index in [4.69, 9.17) is 4.74 Å². The van der Waals surface area contributed by atoms with Gasteiger partial charge in [-0.15, -0.1) is 0 Å². The quantitative estimate of drug-likeness (QED) is 0.872. The summed E-state index contributed by atoms with van der Waals surface area (Å²) in [7, 11) is 0. The van der Waals surface area contributed by atoms with Crippen molar-refractivity contribution >= 4 is 17.5 Å². The summed E-state index contributed by atoms with van der Waals surface area (Å²) in [5, 5.41) is 2.95. The molecule has 2 heterocycles. The number of rotatable bonds is 5. The van der Waals surface area contributed by atoms with Crippen LogP contribution in [0, 0.1) is 5.92 Å². The number of morpholine rings is 1. The maximum absolute atomic E-state index is 12.8. The average molecular weight is 359 g/mol. The topological polar surface area (TPSA) is 61.9 Å². The monoisotopic (exact) mass is 359 g/mol. The number of ether oxygens (including phenoxy) is 1. The zero-order valence-electron chi connectivity index (χ0n) is 15.6. The van der Waals surface area contributed by atoms with Crippen LogP contribution in [0.15, 0.2) is 24.3 Å². The predicted molar refractivity (Wildman–Crippen MR) is 101 cm³/mol. The van der Waals surface area contributed by atoms with Gasteiger partial charge in [0, 0.05) is 44.0 Å². The second kappa shape index (κ2) is 9.03. The molecular formula is C20H29N3O3. The van der Waals surface area contributed by atoms with E-state index in [-0.39, 0.29) is 17.7 Å². The van der Waals surface area contributed by atoms with E-state index in [1.807, 2.05) is 36.1 Å². The maximum Gasteiger partial charge on any atom is 0.253 e. The summed E-state index contributed by atoms with van der Waals surface area (Å²) in [5.41, 5.74) is 1.82. The number of piperidine rings is 1. The third kappa shape index (κ3) is 4.55. The number of benzene rings is 1. The Hall–Kier alpha value is -2.08. The van der Waals surface area contributed by atoms with Crippen LogP contribution in [0.4, 0.5) is 5.69 Å². The van der Waals surface area contributed by atoms with Crippen molar-refractivity contribution in [1.82, 2.24) is 10.2 Å². The van der Waals surface area contributed by atoms with E-state index in [9.17, 15) is 9.59 Å². The molecule has 3 rings (SSSR count). The molecule has 0 saturated carbocycles. The fourth-order valence-electron chi connectivity index (χ4n) is 3.59. The van der Waals surface area contributed by atoms with E-state index in [0.717, 1.165) is 57.8 Å². The first-order valence-corrected chi connectivity index (χ1v) is 9.68. The molecule has 2 aliphatic heterocycles. The minimum absolute atomic E-state index is 0.0199. The van der Waals surface area contributed by atoms with E-state index >= 15 is 0 Å². The zero-order valence-corrected chi connectivity index (χ0v) is 15.6. The summed E-state index contributed by atoms with van der Waals surface area (Å²) in [5.74, 6) is 0.00501. The minimum Gasteiger partial charge on any atom is -0.378 e. The number of amides is 2. The lowest BCUT2D eigenvalue weighted by Gasteiger charge is -2.32. The summed E-state index contributed by atoms with van der Waals surface area (Å²) in [6.45, 7) is 7.23. The van der Waals surface area contributed by atoms with Crippen LogP contribution in [0.25, 0.3) is 0 Å². The van der Waals surface area contributed by atoms with Gasteiger partial charge in [-0.05, 0) is 43.5 Å². The maximum atomic E-state index is 12.8. The van der Waals surface area contributed by atoms with Gasteiger partial charge >= 0.3 is 0 Å². The fraction of sp³-hybridized carbons (Fsp3) is 0.600. The smallest absolute Gasteiger partial charge is 0.253 e. The SMILES string of the molecule is CCCNC(=O)C1CCCN(C(=O)c2ccc(N3CCOCC3)cc2)C1. The Balaban J connectivity index is 1.60. The number of hydrogen-bond acceptors (Lipinski definition) is 4. The molecule has 142 valence electrons. The Labute approximate surface area is 155 Å². The van der Waals surface area contributed by atoms with Crippen molar-refractivity contribution < 1.29 is 14.3 Å². The third-order valence-corrected chi connectivity index (χ3v) is 5.12. The molecule has 6 heteroatoms. The highest BCUT2D eigenvalue weighted by molar-refractivity contribution is 5.95. The summed E-state index contributed by atoms with van der Waals surface area (Å²) in [6.07, 6.45) is 2.66. The number of nitrogens with zero attached hydrogens (tertiary/aromatic N) is 2. The molecule has 2 saturated heterocycles. The molecule has 1 atom stereocenters. The molecule has 2 amide bonds. The van der Waals surface area contributed by atoms with Crippen molar-refractivity contribution in [3.63, 3.8) is 0 Å². The molecule has 1 aromatic carbocycles. The van der Waals surface area contributed by atoms with Gasteiger partial charge in [-0.25, -0.2) is 0 Å². The van der Waals surface area contributed by atoms with Crippen molar-refractivity contribution in [2.24, 2.45) is 5.92 Å². The van der Waals surface area contributed by atoms with Gasteiger partial charge in [0.15, 0.2) is 0 Å². The molecule has 2 fully saturated rings. The van der Waals surface area contributed by atoms with Gasteiger partial charge in [-0.1, -0.05) is 6.92 Å². The van der Waals surface area contributed by atoms with Crippen LogP contribution in [0.3, 0.4) is 0 Å². The van der Waals surface area contributed by atoms with Crippen LogP contribution in [0.5, 0.6) is 0 Å². The average Bonchev–Trinajstić information content (AvgIpc) is 2.72. The Morgan fingerprint density at radius 1 is 1.15 bits per heavy atom. The fourth-order valence-corrected chi connectivity index (χ4v) is 3.59. The van der Waals surface area contributed by atoms with Crippen molar-refractivity contribution in [3.8, 4) is 0 Å². The second-order valence-electron chi connectivity index (χ2n) is 7.03. The summed E-state index contributed by atoms with van der Waals surface area (Å²) < 4.78 is 5.38. The van der Waals surface area contributed by atoms with Gasteiger partial charge in [0.2, 0.25) is 5.91 Å². The molecule has 0 bridgehead atoms. The largest absolute Gasteiger partial charge is 0.378 e. The summed E-state index contributed by atoms with van der Waals surface area (Å²) >= 11 is 0. The van der Waals surface area contributed by atoms with Crippen molar-refractivity contribution in [1.29, 1.82) is 0 Å².